The Kier molecular flexibility index (Phi) is 5.94. The van der Waals surface area contributed by atoms with Gasteiger partial charge in [0.25, 0.3) is 5.91 Å². The molecule has 6 nitrogen and oxygen atoms in total. The van der Waals surface area contributed by atoms with Crippen molar-refractivity contribution >= 4 is 11.8 Å². The molecule has 0 aromatic heterocycles. The van der Waals surface area contributed by atoms with E-state index in [1.807, 2.05) is 26.0 Å². The van der Waals surface area contributed by atoms with E-state index >= 15 is 0 Å². The van der Waals surface area contributed by atoms with Crippen molar-refractivity contribution in [3.63, 3.8) is 0 Å². The fraction of sp³-hybridized carbons (Fsp3) is 0.600. The van der Waals surface area contributed by atoms with Gasteiger partial charge >= 0.3 is 0 Å². The Morgan fingerprint density at radius 3 is 2.62 bits per heavy atom. The van der Waals surface area contributed by atoms with Crippen molar-refractivity contribution in [1.82, 2.24) is 15.5 Å². The fourth-order valence-electron chi connectivity index (χ4n) is 3.96. The molecule has 2 amide bonds. The molecule has 0 aliphatic carbocycles. The van der Waals surface area contributed by atoms with Crippen LogP contribution in [0.3, 0.4) is 0 Å². The standard InChI is InChI=1S/C20H29N3O3/c1-13-6-14(2)8-16(7-13)20(26)23-5-3-4-15(12-23)19(25)22-10-17-9-21-11-18(17)24/h6-8,15,17-18,21,24H,3-5,9-12H2,1-2H3,(H,22,25). The third-order valence-electron chi connectivity index (χ3n) is 5.39. The first-order valence-corrected chi connectivity index (χ1v) is 9.48. The number of carbonyl (C=O) groups is 2. The number of benzene rings is 1. The van der Waals surface area contributed by atoms with Gasteiger partial charge in [0.05, 0.1) is 12.0 Å². The molecule has 1 aromatic carbocycles. The van der Waals surface area contributed by atoms with Crippen LogP contribution in [-0.2, 0) is 4.79 Å². The van der Waals surface area contributed by atoms with E-state index in [2.05, 4.69) is 16.7 Å². The third-order valence-corrected chi connectivity index (χ3v) is 5.39. The minimum absolute atomic E-state index is 0.00437. The quantitative estimate of drug-likeness (QED) is 0.745. The lowest BCUT2D eigenvalue weighted by Crippen LogP contribution is -2.46. The van der Waals surface area contributed by atoms with Gasteiger partial charge in [-0.25, -0.2) is 0 Å². The van der Waals surface area contributed by atoms with Crippen LogP contribution in [0.5, 0.6) is 0 Å². The van der Waals surface area contributed by atoms with Gasteiger partial charge in [-0.2, -0.15) is 0 Å². The molecule has 3 rings (SSSR count). The Bertz CT molecular complexity index is 656. The number of carbonyl (C=O) groups excluding carboxylic acids is 2. The van der Waals surface area contributed by atoms with Crippen molar-refractivity contribution < 1.29 is 14.7 Å². The van der Waals surface area contributed by atoms with Gasteiger partial charge in [0.2, 0.25) is 5.91 Å². The highest BCUT2D eigenvalue weighted by Gasteiger charge is 2.30. The summed E-state index contributed by atoms with van der Waals surface area (Å²) in [5, 5.41) is 15.9. The molecular weight excluding hydrogens is 330 g/mol. The second kappa shape index (κ2) is 8.18. The summed E-state index contributed by atoms with van der Waals surface area (Å²) in [5.74, 6) is -0.118. The number of aliphatic hydroxyl groups excluding tert-OH is 1. The number of aliphatic hydroxyl groups is 1. The summed E-state index contributed by atoms with van der Waals surface area (Å²) in [5.41, 5.74) is 2.84. The van der Waals surface area contributed by atoms with Crippen LogP contribution in [0, 0.1) is 25.7 Å². The zero-order valence-corrected chi connectivity index (χ0v) is 15.6. The lowest BCUT2D eigenvalue weighted by atomic mass is 9.95. The molecule has 0 bridgehead atoms. The number of piperidine rings is 1. The van der Waals surface area contributed by atoms with Gasteiger partial charge in [-0.05, 0) is 38.8 Å². The van der Waals surface area contributed by atoms with Gasteiger partial charge in [-0.15, -0.1) is 0 Å². The van der Waals surface area contributed by atoms with Crippen LogP contribution in [-0.4, -0.2) is 60.6 Å². The van der Waals surface area contributed by atoms with Crippen LogP contribution >= 0.6 is 0 Å². The van der Waals surface area contributed by atoms with E-state index in [1.54, 1.807) is 4.90 Å². The topological polar surface area (TPSA) is 81.7 Å². The van der Waals surface area contributed by atoms with Crippen molar-refractivity contribution in [3.8, 4) is 0 Å². The smallest absolute Gasteiger partial charge is 0.253 e. The first-order chi connectivity index (χ1) is 12.4. The summed E-state index contributed by atoms with van der Waals surface area (Å²) in [6.45, 7) is 6.93. The summed E-state index contributed by atoms with van der Waals surface area (Å²) >= 11 is 0. The number of β-amino-alcohol motifs (C(OH)–C–C–N with tert-alkyl or cyclic N) is 1. The molecule has 2 heterocycles. The molecule has 2 aliphatic heterocycles. The van der Waals surface area contributed by atoms with Crippen molar-refractivity contribution in [2.75, 3.05) is 32.7 Å². The van der Waals surface area contributed by atoms with E-state index < -0.39 is 6.10 Å². The number of nitrogens with zero attached hydrogens (tertiary/aromatic N) is 1. The molecule has 2 saturated heterocycles. The van der Waals surface area contributed by atoms with Crippen LogP contribution in [0.25, 0.3) is 0 Å². The first kappa shape index (κ1) is 18.9. The van der Waals surface area contributed by atoms with E-state index in [9.17, 15) is 14.7 Å². The van der Waals surface area contributed by atoms with Crippen LogP contribution in [0.2, 0.25) is 0 Å². The lowest BCUT2D eigenvalue weighted by molar-refractivity contribution is -0.126. The molecule has 26 heavy (non-hydrogen) atoms. The molecule has 2 fully saturated rings. The number of likely N-dealkylation sites (tertiary alicyclic amines) is 1. The summed E-state index contributed by atoms with van der Waals surface area (Å²) in [6.07, 6.45) is 1.24. The first-order valence-electron chi connectivity index (χ1n) is 9.48. The molecular formula is C20H29N3O3. The minimum Gasteiger partial charge on any atom is -0.391 e. The molecule has 0 saturated carbocycles. The van der Waals surface area contributed by atoms with E-state index in [1.165, 1.54) is 0 Å². The van der Waals surface area contributed by atoms with Gasteiger partial charge in [0.1, 0.15) is 0 Å². The SMILES string of the molecule is Cc1cc(C)cc(C(=O)N2CCCC(C(=O)NCC3CNCC3O)C2)c1. The van der Waals surface area contributed by atoms with Crippen molar-refractivity contribution in [3.05, 3.63) is 34.9 Å². The van der Waals surface area contributed by atoms with Crippen molar-refractivity contribution in [2.24, 2.45) is 11.8 Å². The fourth-order valence-corrected chi connectivity index (χ4v) is 3.96. The summed E-state index contributed by atoms with van der Waals surface area (Å²) in [6, 6.07) is 5.87. The number of amides is 2. The van der Waals surface area contributed by atoms with Crippen molar-refractivity contribution in [1.29, 1.82) is 0 Å². The summed E-state index contributed by atoms with van der Waals surface area (Å²) in [4.78, 5) is 27.2. The Balaban J connectivity index is 1.57. The second-order valence-corrected chi connectivity index (χ2v) is 7.70. The van der Waals surface area contributed by atoms with E-state index in [-0.39, 0.29) is 23.7 Å². The zero-order chi connectivity index (χ0) is 18.7. The Morgan fingerprint density at radius 2 is 1.96 bits per heavy atom. The maximum absolute atomic E-state index is 12.8. The van der Waals surface area contributed by atoms with Crippen LogP contribution in [0.4, 0.5) is 0 Å². The maximum atomic E-state index is 12.8. The normalized spacial score (nSPS) is 26.0. The number of rotatable bonds is 4. The van der Waals surface area contributed by atoms with Crippen LogP contribution in [0.15, 0.2) is 18.2 Å². The Labute approximate surface area is 155 Å². The molecule has 2 aliphatic rings. The highest BCUT2D eigenvalue weighted by atomic mass is 16.3. The molecule has 3 unspecified atom stereocenters. The molecule has 3 N–H and O–H groups in total. The second-order valence-electron chi connectivity index (χ2n) is 7.70. The molecule has 0 spiro atoms. The predicted octanol–water partition coefficient (Wildman–Crippen LogP) is 0.852. The minimum atomic E-state index is -0.399. The Morgan fingerprint density at radius 1 is 1.23 bits per heavy atom. The summed E-state index contributed by atoms with van der Waals surface area (Å²) < 4.78 is 0. The van der Waals surface area contributed by atoms with Crippen LogP contribution in [0.1, 0.15) is 34.3 Å². The average Bonchev–Trinajstić information content (AvgIpc) is 3.03. The van der Waals surface area contributed by atoms with Gasteiger partial charge in [0.15, 0.2) is 0 Å². The molecule has 142 valence electrons. The molecule has 0 radical (unpaired) electrons. The largest absolute Gasteiger partial charge is 0.391 e. The van der Waals surface area contributed by atoms with Gasteiger partial charge < -0.3 is 20.6 Å². The van der Waals surface area contributed by atoms with Gasteiger partial charge in [0, 0.05) is 44.2 Å². The number of nitrogens with one attached hydrogen (secondary N) is 2. The van der Waals surface area contributed by atoms with Crippen LogP contribution < -0.4 is 10.6 Å². The van der Waals surface area contributed by atoms with Crippen molar-refractivity contribution in [2.45, 2.75) is 32.8 Å². The summed E-state index contributed by atoms with van der Waals surface area (Å²) in [7, 11) is 0. The number of aryl methyl sites for hydroxylation is 2. The maximum Gasteiger partial charge on any atom is 0.253 e. The molecule has 1 aromatic rings. The average molecular weight is 359 g/mol. The molecule has 3 atom stereocenters. The molecule has 6 heteroatoms. The third kappa shape index (κ3) is 4.43. The van der Waals surface area contributed by atoms with Gasteiger partial charge in [-0.1, -0.05) is 17.2 Å². The monoisotopic (exact) mass is 359 g/mol. The zero-order valence-electron chi connectivity index (χ0n) is 15.6. The van der Waals surface area contributed by atoms with Gasteiger partial charge in [-0.3, -0.25) is 9.59 Å². The lowest BCUT2D eigenvalue weighted by Gasteiger charge is -2.32. The highest BCUT2D eigenvalue weighted by molar-refractivity contribution is 5.95. The number of hydrogen-bond donors (Lipinski definition) is 3. The highest BCUT2D eigenvalue weighted by Crippen LogP contribution is 2.20. The predicted molar refractivity (Wildman–Crippen MR) is 99.9 cm³/mol. The van der Waals surface area contributed by atoms with E-state index in [0.717, 1.165) is 30.5 Å². The number of hydrogen-bond acceptors (Lipinski definition) is 4. The Hall–Kier alpha value is -1.92. The van der Waals surface area contributed by atoms with E-state index in [0.29, 0.717) is 31.7 Å². The van der Waals surface area contributed by atoms with E-state index in [4.69, 9.17) is 0 Å².